The molecule has 0 bridgehead atoms. The average Bonchev–Trinajstić information content (AvgIpc) is 3.13. The summed E-state index contributed by atoms with van der Waals surface area (Å²) < 4.78 is 8.19. The van der Waals surface area contributed by atoms with Crippen LogP contribution < -0.4 is 15.6 Å². The summed E-state index contributed by atoms with van der Waals surface area (Å²) in [6.07, 6.45) is 0. The quantitative estimate of drug-likeness (QED) is 0.508. The molecule has 0 spiro atoms. The molecule has 0 saturated carbocycles. The Kier molecular flexibility index (Phi) is 5.85. The Labute approximate surface area is 185 Å². The largest absolute Gasteiger partial charge is 0.495 e. The fourth-order valence-corrected chi connectivity index (χ4v) is 3.47. The number of aryl methyl sites for hydroxylation is 2. The predicted molar refractivity (Wildman–Crippen MR) is 122 cm³/mol. The van der Waals surface area contributed by atoms with Crippen LogP contribution in [0.4, 0.5) is 5.69 Å². The van der Waals surface area contributed by atoms with Crippen LogP contribution in [0.15, 0.2) is 71.5 Å². The smallest absolute Gasteiger partial charge is 0.256 e. The van der Waals surface area contributed by atoms with Gasteiger partial charge in [0.15, 0.2) is 0 Å². The number of hydrogen-bond acceptors (Lipinski definition) is 5. The van der Waals surface area contributed by atoms with Crippen LogP contribution in [0.1, 0.15) is 11.4 Å². The van der Waals surface area contributed by atoms with Gasteiger partial charge >= 0.3 is 0 Å². The van der Waals surface area contributed by atoms with E-state index in [2.05, 4.69) is 10.4 Å². The molecule has 0 saturated heterocycles. The number of aromatic nitrogens is 4. The molecule has 8 heteroatoms. The van der Waals surface area contributed by atoms with Crippen molar-refractivity contribution in [3.05, 3.63) is 88.5 Å². The number of benzene rings is 2. The molecule has 0 aliphatic heterocycles. The first-order valence-corrected chi connectivity index (χ1v) is 10.1. The second kappa shape index (κ2) is 8.89. The van der Waals surface area contributed by atoms with E-state index in [0.29, 0.717) is 17.1 Å². The summed E-state index contributed by atoms with van der Waals surface area (Å²) in [5, 5.41) is 7.28. The number of hydrogen-bond donors (Lipinski definition) is 1. The second-order valence-electron chi connectivity index (χ2n) is 7.32. The molecule has 2 heterocycles. The van der Waals surface area contributed by atoms with Crippen molar-refractivity contribution in [2.45, 2.75) is 20.4 Å². The van der Waals surface area contributed by atoms with Gasteiger partial charge in [0, 0.05) is 17.3 Å². The van der Waals surface area contributed by atoms with Crippen LogP contribution in [-0.4, -0.2) is 32.3 Å². The van der Waals surface area contributed by atoms with E-state index in [0.717, 1.165) is 17.0 Å². The molecule has 0 atom stereocenters. The number of anilines is 1. The third-order valence-corrected chi connectivity index (χ3v) is 4.94. The molecule has 0 aliphatic carbocycles. The van der Waals surface area contributed by atoms with Crippen molar-refractivity contribution in [1.82, 2.24) is 19.3 Å². The van der Waals surface area contributed by atoms with E-state index in [1.807, 2.05) is 56.3 Å². The molecule has 0 unspecified atom stereocenters. The van der Waals surface area contributed by atoms with E-state index in [1.165, 1.54) is 17.7 Å². The Balaban J connectivity index is 1.76. The van der Waals surface area contributed by atoms with E-state index in [4.69, 9.17) is 9.72 Å². The summed E-state index contributed by atoms with van der Waals surface area (Å²) in [6.45, 7) is 3.51. The summed E-state index contributed by atoms with van der Waals surface area (Å²) in [6, 6.07) is 19.8. The van der Waals surface area contributed by atoms with Gasteiger partial charge in [-0.3, -0.25) is 14.2 Å². The highest BCUT2D eigenvalue weighted by Gasteiger charge is 2.18. The molecule has 0 aliphatic rings. The van der Waals surface area contributed by atoms with Crippen LogP contribution in [0.25, 0.3) is 17.2 Å². The van der Waals surface area contributed by atoms with Crippen molar-refractivity contribution in [2.24, 2.45) is 0 Å². The number of carbonyl (C=O) groups is 1. The van der Waals surface area contributed by atoms with Crippen molar-refractivity contribution in [1.29, 1.82) is 0 Å². The minimum atomic E-state index is -0.381. The number of methoxy groups -OCH3 is 1. The highest BCUT2D eigenvalue weighted by atomic mass is 16.5. The first-order valence-electron chi connectivity index (χ1n) is 10.1. The van der Waals surface area contributed by atoms with Gasteiger partial charge in [0.25, 0.3) is 5.56 Å². The minimum Gasteiger partial charge on any atom is -0.495 e. The maximum absolute atomic E-state index is 13.1. The Morgan fingerprint density at radius 2 is 1.75 bits per heavy atom. The number of nitrogens with one attached hydrogen (secondary N) is 1. The second-order valence-corrected chi connectivity index (χ2v) is 7.32. The van der Waals surface area contributed by atoms with E-state index in [9.17, 15) is 9.59 Å². The van der Waals surface area contributed by atoms with Crippen molar-refractivity contribution < 1.29 is 9.53 Å². The van der Waals surface area contributed by atoms with Gasteiger partial charge in [-0.1, -0.05) is 42.5 Å². The van der Waals surface area contributed by atoms with E-state index < -0.39 is 0 Å². The first-order chi connectivity index (χ1) is 15.5. The lowest BCUT2D eigenvalue weighted by Gasteiger charge is -2.15. The third-order valence-electron chi connectivity index (χ3n) is 4.94. The molecule has 1 amide bonds. The summed E-state index contributed by atoms with van der Waals surface area (Å²) in [5.74, 6) is 0.426. The normalized spacial score (nSPS) is 10.7. The fourth-order valence-electron chi connectivity index (χ4n) is 3.47. The van der Waals surface area contributed by atoms with Gasteiger partial charge < -0.3 is 10.1 Å². The molecule has 162 valence electrons. The number of ether oxygens (including phenoxy) is 1. The predicted octanol–water partition coefficient (Wildman–Crippen LogP) is 3.36. The van der Waals surface area contributed by atoms with Gasteiger partial charge in [0.2, 0.25) is 11.9 Å². The number of nitrogens with zero attached hydrogens (tertiary/aromatic N) is 4. The zero-order valence-electron chi connectivity index (χ0n) is 18.1. The molecule has 0 radical (unpaired) electrons. The van der Waals surface area contributed by atoms with Crippen LogP contribution in [-0.2, 0) is 11.3 Å². The van der Waals surface area contributed by atoms with Gasteiger partial charge in [0.05, 0.1) is 24.2 Å². The molecule has 4 rings (SSSR count). The topological polar surface area (TPSA) is 91.0 Å². The highest BCUT2D eigenvalue weighted by Crippen LogP contribution is 2.23. The first kappa shape index (κ1) is 21.0. The van der Waals surface area contributed by atoms with E-state index in [-0.39, 0.29) is 24.0 Å². The molecular weight excluding hydrogens is 406 g/mol. The summed E-state index contributed by atoms with van der Waals surface area (Å²) in [7, 11) is 1.53. The summed E-state index contributed by atoms with van der Waals surface area (Å²) in [4.78, 5) is 30.7. The number of amides is 1. The highest BCUT2D eigenvalue weighted by molar-refractivity contribution is 5.92. The Bertz CT molecular complexity index is 1330. The Morgan fingerprint density at radius 3 is 2.44 bits per heavy atom. The monoisotopic (exact) mass is 429 g/mol. The summed E-state index contributed by atoms with van der Waals surface area (Å²) in [5.41, 5.74) is 3.08. The van der Waals surface area contributed by atoms with Gasteiger partial charge in [0.1, 0.15) is 12.3 Å². The van der Waals surface area contributed by atoms with Gasteiger partial charge in [-0.2, -0.15) is 5.10 Å². The van der Waals surface area contributed by atoms with Gasteiger partial charge in [-0.15, -0.1) is 0 Å². The maximum Gasteiger partial charge on any atom is 0.256 e. The lowest BCUT2D eigenvalue weighted by molar-refractivity contribution is -0.116. The zero-order valence-corrected chi connectivity index (χ0v) is 18.1. The van der Waals surface area contributed by atoms with Crippen molar-refractivity contribution in [3.8, 4) is 23.0 Å². The molecule has 8 nitrogen and oxygen atoms in total. The van der Waals surface area contributed by atoms with Gasteiger partial charge in [-0.25, -0.2) is 9.67 Å². The minimum absolute atomic E-state index is 0.230. The lowest BCUT2D eigenvalue weighted by Crippen LogP contribution is -2.31. The van der Waals surface area contributed by atoms with Crippen molar-refractivity contribution >= 4 is 11.6 Å². The molecule has 4 aromatic rings. The van der Waals surface area contributed by atoms with Gasteiger partial charge in [-0.05, 0) is 32.0 Å². The fraction of sp³-hybridized carbons (Fsp3) is 0.167. The van der Waals surface area contributed by atoms with Crippen LogP contribution in [0, 0.1) is 13.8 Å². The molecule has 2 aromatic carbocycles. The Hall–Kier alpha value is -4.20. The van der Waals surface area contributed by atoms with E-state index in [1.54, 1.807) is 22.9 Å². The van der Waals surface area contributed by atoms with E-state index >= 15 is 0 Å². The molecular formula is C24H23N5O3. The van der Waals surface area contributed by atoms with Crippen LogP contribution >= 0.6 is 0 Å². The number of para-hydroxylation sites is 2. The maximum atomic E-state index is 13.1. The molecule has 0 fully saturated rings. The average molecular weight is 429 g/mol. The number of carbonyl (C=O) groups excluding carboxylic acids is 1. The Morgan fingerprint density at radius 1 is 1.03 bits per heavy atom. The zero-order chi connectivity index (χ0) is 22.7. The standard InChI is InChI=1S/C24H23N5O3/c1-16-13-17(2)29(27-16)24-26-20(18-9-5-4-6-10-18)14-23(31)28(24)15-22(30)25-19-11-7-8-12-21(19)32-3/h4-14H,15H2,1-3H3,(H,25,30). The van der Waals surface area contributed by atoms with Crippen LogP contribution in [0.2, 0.25) is 0 Å². The molecule has 1 N–H and O–H groups in total. The number of rotatable bonds is 6. The van der Waals surface area contributed by atoms with Crippen LogP contribution in [0.5, 0.6) is 5.75 Å². The van der Waals surface area contributed by atoms with Crippen LogP contribution in [0.3, 0.4) is 0 Å². The molecule has 32 heavy (non-hydrogen) atoms. The summed E-state index contributed by atoms with van der Waals surface area (Å²) >= 11 is 0. The van der Waals surface area contributed by atoms with Crippen molar-refractivity contribution in [2.75, 3.05) is 12.4 Å². The lowest BCUT2D eigenvalue weighted by atomic mass is 10.1. The SMILES string of the molecule is COc1ccccc1NC(=O)Cn1c(-n2nc(C)cc2C)nc(-c2ccccc2)cc1=O. The third kappa shape index (κ3) is 4.29. The van der Waals surface area contributed by atoms with Crippen molar-refractivity contribution in [3.63, 3.8) is 0 Å². The molecule has 2 aromatic heterocycles.